The van der Waals surface area contributed by atoms with Crippen LogP contribution in [0, 0.1) is 0 Å². The molecule has 4 rings (SSSR count). The van der Waals surface area contributed by atoms with E-state index < -0.39 is 23.8 Å². The number of nitrogens with one attached hydrogen (secondary N) is 1. The van der Waals surface area contributed by atoms with E-state index in [1.165, 1.54) is 4.57 Å². The molecule has 0 saturated carbocycles. The van der Waals surface area contributed by atoms with Gasteiger partial charge in [0.1, 0.15) is 18.0 Å². The number of hydrogen-bond donors (Lipinski definition) is 1. The first-order chi connectivity index (χ1) is 14.5. The van der Waals surface area contributed by atoms with Crippen LogP contribution < -0.4 is 25.5 Å². The average molecular weight is 414 g/mol. The summed E-state index contributed by atoms with van der Waals surface area (Å²) in [4.78, 5) is 43.1. The number of carbonyl (C=O) groups excluding carboxylic acids is 1. The molecule has 0 aliphatic carbocycles. The van der Waals surface area contributed by atoms with Crippen LogP contribution in [0.2, 0.25) is 0 Å². The fourth-order valence-corrected chi connectivity index (χ4v) is 3.83. The third-order valence-corrected chi connectivity index (χ3v) is 5.28. The van der Waals surface area contributed by atoms with Gasteiger partial charge < -0.3 is 9.47 Å². The van der Waals surface area contributed by atoms with Gasteiger partial charge in [0.15, 0.2) is 0 Å². The van der Waals surface area contributed by atoms with E-state index >= 15 is 0 Å². The molecule has 0 bridgehead atoms. The number of ether oxygens (including phenoxy) is 2. The second-order valence-electron chi connectivity index (χ2n) is 7.04. The number of aromatic nitrogens is 4. The Morgan fingerprint density at radius 3 is 2.63 bits per heavy atom. The van der Waals surface area contributed by atoms with E-state index in [4.69, 9.17) is 9.47 Å². The molecule has 3 heterocycles. The molecule has 3 aromatic rings. The fraction of sp³-hybridized carbons (Fsp3) is 0.400. The number of rotatable bonds is 5. The lowest BCUT2D eigenvalue weighted by Gasteiger charge is -2.22. The van der Waals surface area contributed by atoms with Gasteiger partial charge >= 0.3 is 17.6 Å². The van der Waals surface area contributed by atoms with Crippen LogP contribution in [0.25, 0.3) is 11.2 Å². The van der Waals surface area contributed by atoms with Gasteiger partial charge in [0.05, 0.1) is 26.8 Å². The molecular formula is C20H24N5O5+. The average Bonchev–Trinajstić information content (AvgIpc) is 3.15. The third kappa shape index (κ3) is 3.14. The molecule has 10 nitrogen and oxygen atoms in total. The molecule has 158 valence electrons. The van der Waals surface area contributed by atoms with Gasteiger partial charge in [-0.3, -0.25) is 14.2 Å². The predicted molar refractivity (Wildman–Crippen MR) is 109 cm³/mol. The van der Waals surface area contributed by atoms with Gasteiger partial charge in [0, 0.05) is 13.5 Å². The summed E-state index contributed by atoms with van der Waals surface area (Å²) in [5, 5.41) is 0. The number of aromatic amines is 1. The highest BCUT2D eigenvalue weighted by Crippen LogP contribution is 2.27. The van der Waals surface area contributed by atoms with E-state index in [2.05, 4.69) is 9.88 Å². The number of hydrogen-bond acceptors (Lipinski definition) is 6. The monoisotopic (exact) mass is 414 g/mol. The van der Waals surface area contributed by atoms with Gasteiger partial charge in [0.2, 0.25) is 11.2 Å². The first-order valence-electron chi connectivity index (χ1n) is 9.78. The van der Waals surface area contributed by atoms with Crippen molar-refractivity contribution in [1.82, 2.24) is 14.1 Å². The lowest BCUT2D eigenvalue weighted by atomic mass is 10.2. The van der Waals surface area contributed by atoms with E-state index in [-0.39, 0.29) is 6.61 Å². The Hall–Kier alpha value is -3.56. The summed E-state index contributed by atoms with van der Waals surface area (Å²) >= 11 is 0. The zero-order chi connectivity index (χ0) is 21.4. The van der Waals surface area contributed by atoms with Crippen LogP contribution >= 0.6 is 0 Å². The van der Waals surface area contributed by atoms with Crippen LogP contribution in [0.1, 0.15) is 13.3 Å². The maximum Gasteiger partial charge on any atom is 0.364 e. The zero-order valence-corrected chi connectivity index (χ0v) is 17.2. The minimum Gasteiger partial charge on any atom is -0.497 e. The zero-order valence-electron chi connectivity index (χ0n) is 17.2. The number of fused-ring (bicyclic) bond motifs is 3. The molecule has 1 N–H and O–H groups in total. The van der Waals surface area contributed by atoms with Crippen molar-refractivity contribution in [1.29, 1.82) is 0 Å². The number of nitrogens with zero attached hydrogens (tertiary/aromatic N) is 4. The molecule has 0 saturated heterocycles. The van der Waals surface area contributed by atoms with Crippen LogP contribution in [0.3, 0.4) is 0 Å². The summed E-state index contributed by atoms with van der Waals surface area (Å²) in [6.45, 7) is 2.81. The van der Waals surface area contributed by atoms with Crippen LogP contribution in [0.15, 0.2) is 33.9 Å². The van der Waals surface area contributed by atoms with Crippen LogP contribution in [0.5, 0.6) is 5.75 Å². The van der Waals surface area contributed by atoms with Crippen molar-refractivity contribution < 1.29 is 18.8 Å². The fourth-order valence-electron chi connectivity index (χ4n) is 3.83. The molecule has 0 amide bonds. The largest absolute Gasteiger partial charge is 0.497 e. The smallest absolute Gasteiger partial charge is 0.364 e. The van der Waals surface area contributed by atoms with Crippen molar-refractivity contribution in [2.75, 3.05) is 25.2 Å². The molecular weight excluding hydrogens is 390 g/mol. The van der Waals surface area contributed by atoms with E-state index in [0.717, 1.165) is 29.0 Å². The minimum atomic E-state index is -0.620. The van der Waals surface area contributed by atoms with Crippen molar-refractivity contribution in [2.24, 2.45) is 7.05 Å². The number of imidazole rings is 1. The molecule has 1 aliphatic heterocycles. The lowest BCUT2D eigenvalue weighted by Crippen LogP contribution is -2.50. The van der Waals surface area contributed by atoms with Gasteiger partial charge in [-0.25, -0.2) is 23.8 Å². The topological polar surface area (TPSA) is 102 Å². The quantitative estimate of drug-likeness (QED) is 0.480. The molecule has 1 aliphatic rings. The first-order valence-corrected chi connectivity index (χ1v) is 9.78. The Kier molecular flexibility index (Phi) is 5.06. The Morgan fingerprint density at radius 1 is 1.23 bits per heavy atom. The highest BCUT2D eigenvalue weighted by atomic mass is 16.5. The van der Waals surface area contributed by atoms with E-state index in [1.54, 1.807) is 21.1 Å². The summed E-state index contributed by atoms with van der Waals surface area (Å²) in [5.74, 6) is 0.845. The SMILES string of the molecule is CCOC(=O)Cn1c(=O)c2c([nH]c3[n+]2CCCN3c2ccc(OC)cc2)n(C)c1=O. The van der Waals surface area contributed by atoms with Crippen LogP contribution in [-0.2, 0) is 29.7 Å². The first kappa shape index (κ1) is 19.7. The van der Waals surface area contributed by atoms with Crippen molar-refractivity contribution in [3.63, 3.8) is 0 Å². The normalized spacial score (nSPS) is 13.4. The summed E-state index contributed by atoms with van der Waals surface area (Å²) in [6, 6.07) is 7.63. The number of carbonyl (C=O) groups is 1. The second-order valence-corrected chi connectivity index (χ2v) is 7.04. The highest BCUT2D eigenvalue weighted by molar-refractivity contribution is 5.72. The summed E-state index contributed by atoms with van der Waals surface area (Å²) in [5.41, 5.74) is 0.624. The molecule has 0 atom stereocenters. The number of benzene rings is 1. The van der Waals surface area contributed by atoms with Gasteiger partial charge in [-0.1, -0.05) is 0 Å². The highest BCUT2D eigenvalue weighted by Gasteiger charge is 2.33. The standard InChI is InChI=1S/C20H23N5O5/c1-4-30-15(26)12-25-18(27)16-17(22(2)20(25)28)21-19-23(10-5-11-24(16)19)13-6-8-14(29-3)9-7-13/h6-9H,4-5,10-12H2,1-3H3/p+1. The van der Waals surface area contributed by atoms with E-state index in [0.29, 0.717) is 23.7 Å². The van der Waals surface area contributed by atoms with E-state index in [1.807, 2.05) is 28.8 Å². The Labute approximate surface area is 171 Å². The number of methoxy groups -OCH3 is 1. The lowest BCUT2D eigenvalue weighted by molar-refractivity contribution is -0.663. The number of anilines is 2. The minimum absolute atomic E-state index is 0.182. The van der Waals surface area contributed by atoms with Crippen molar-refractivity contribution in [3.05, 3.63) is 45.1 Å². The van der Waals surface area contributed by atoms with Gasteiger partial charge in [-0.15, -0.1) is 0 Å². The van der Waals surface area contributed by atoms with Gasteiger partial charge in [-0.2, -0.15) is 0 Å². The molecule has 0 fully saturated rings. The summed E-state index contributed by atoms with van der Waals surface area (Å²) in [7, 11) is 3.19. The predicted octanol–water partition coefficient (Wildman–Crippen LogP) is 0.429. The number of aryl methyl sites for hydroxylation is 2. The Morgan fingerprint density at radius 2 is 1.97 bits per heavy atom. The number of esters is 1. The van der Waals surface area contributed by atoms with Crippen molar-refractivity contribution in [3.8, 4) is 5.75 Å². The Balaban J connectivity index is 1.87. The molecule has 0 radical (unpaired) electrons. The summed E-state index contributed by atoms with van der Waals surface area (Å²) in [6.07, 6.45) is 0.816. The van der Waals surface area contributed by atoms with E-state index in [9.17, 15) is 14.4 Å². The Bertz CT molecular complexity index is 1220. The molecule has 0 spiro atoms. The van der Waals surface area contributed by atoms with Crippen LogP contribution in [0.4, 0.5) is 11.6 Å². The molecule has 1 aromatic carbocycles. The van der Waals surface area contributed by atoms with Gasteiger partial charge in [-0.05, 0) is 31.2 Å². The number of H-pyrrole nitrogens is 1. The molecule has 2 aromatic heterocycles. The van der Waals surface area contributed by atoms with Crippen molar-refractivity contribution in [2.45, 2.75) is 26.4 Å². The molecule has 10 heteroatoms. The van der Waals surface area contributed by atoms with Crippen molar-refractivity contribution >= 4 is 28.8 Å². The maximum atomic E-state index is 13.2. The second kappa shape index (κ2) is 7.69. The maximum absolute atomic E-state index is 13.2. The van der Waals surface area contributed by atoms with Gasteiger partial charge in [0.25, 0.3) is 5.56 Å². The third-order valence-electron chi connectivity index (χ3n) is 5.28. The van der Waals surface area contributed by atoms with Crippen LogP contribution in [-0.4, -0.2) is 40.3 Å². The molecule has 30 heavy (non-hydrogen) atoms. The summed E-state index contributed by atoms with van der Waals surface area (Å²) < 4.78 is 14.3. The molecule has 0 unspecified atom stereocenters.